The second-order valence-corrected chi connectivity index (χ2v) is 5.45. The van der Waals surface area contributed by atoms with Gasteiger partial charge in [-0.2, -0.15) is 0 Å². The number of pyridine rings is 1. The molecule has 1 N–H and O–H groups in total. The van der Waals surface area contributed by atoms with Gasteiger partial charge in [0.15, 0.2) is 0 Å². The maximum Gasteiger partial charge on any atom is 0.256 e. The summed E-state index contributed by atoms with van der Waals surface area (Å²) in [6.07, 6.45) is 0. The van der Waals surface area contributed by atoms with E-state index in [1.165, 1.54) is 0 Å². The number of rotatable bonds is 4. The van der Waals surface area contributed by atoms with Gasteiger partial charge in [0, 0.05) is 22.2 Å². The van der Waals surface area contributed by atoms with E-state index in [0.717, 1.165) is 5.56 Å². The van der Waals surface area contributed by atoms with Crippen LogP contribution >= 0.6 is 11.6 Å². The van der Waals surface area contributed by atoms with E-state index in [2.05, 4.69) is 0 Å². The Morgan fingerprint density at radius 3 is 2.57 bits per heavy atom. The SMILES string of the molecule is COc1ccc(Cl)cc1-c1ccc(CO)c(=O)n1C(C)C. The lowest BCUT2D eigenvalue weighted by atomic mass is 10.1. The van der Waals surface area contributed by atoms with Crippen molar-refractivity contribution in [3.63, 3.8) is 0 Å². The largest absolute Gasteiger partial charge is 0.496 e. The topological polar surface area (TPSA) is 51.5 Å². The molecule has 1 aromatic carbocycles. The standard InChI is InChI=1S/C16H18ClNO3/c1-10(2)18-14(6-4-11(9-19)16(18)20)13-8-12(17)5-7-15(13)21-3/h4-8,10,19H,9H2,1-3H3. The van der Waals surface area contributed by atoms with Gasteiger partial charge in [0.25, 0.3) is 5.56 Å². The van der Waals surface area contributed by atoms with Crippen LogP contribution in [0.5, 0.6) is 5.75 Å². The molecule has 112 valence electrons. The minimum Gasteiger partial charge on any atom is -0.496 e. The molecule has 1 aromatic heterocycles. The molecule has 0 unspecified atom stereocenters. The predicted molar refractivity (Wildman–Crippen MR) is 84.0 cm³/mol. The van der Waals surface area contributed by atoms with E-state index in [1.54, 1.807) is 42.0 Å². The summed E-state index contributed by atoms with van der Waals surface area (Å²) in [6.45, 7) is 3.56. The molecule has 2 aromatic rings. The Hall–Kier alpha value is -1.78. The zero-order chi connectivity index (χ0) is 15.6. The Kier molecular flexibility index (Phi) is 4.70. The normalized spacial score (nSPS) is 11.0. The molecule has 0 spiro atoms. The van der Waals surface area contributed by atoms with Gasteiger partial charge in [-0.05, 0) is 44.2 Å². The van der Waals surface area contributed by atoms with Crippen LogP contribution in [-0.4, -0.2) is 16.8 Å². The third-order valence-corrected chi connectivity index (χ3v) is 3.55. The summed E-state index contributed by atoms with van der Waals surface area (Å²) in [5.74, 6) is 0.643. The Bertz CT molecular complexity index is 707. The second-order valence-electron chi connectivity index (χ2n) is 5.02. The van der Waals surface area contributed by atoms with Crippen LogP contribution in [0.4, 0.5) is 0 Å². The molecular formula is C16H18ClNO3. The van der Waals surface area contributed by atoms with Crippen LogP contribution in [0.2, 0.25) is 5.02 Å². The zero-order valence-corrected chi connectivity index (χ0v) is 13.0. The van der Waals surface area contributed by atoms with Crippen molar-refractivity contribution in [3.8, 4) is 17.0 Å². The average molecular weight is 308 g/mol. The van der Waals surface area contributed by atoms with Crippen molar-refractivity contribution in [3.05, 3.63) is 51.3 Å². The Morgan fingerprint density at radius 1 is 1.29 bits per heavy atom. The molecule has 5 heteroatoms. The lowest BCUT2D eigenvalue weighted by Crippen LogP contribution is -2.26. The quantitative estimate of drug-likeness (QED) is 0.943. The molecule has 2 rings (SSSR count). The summed E-state index contributed by atoms with van der Waals surface area (Å²) in [4.78, 5) is 12.4. The number of methoxy groups -OCH3 is 1. The first-order valence-electron chi connectivity index (χ1n) is 6.68. The van der Waals surface area contributed by atoms with Gasteiger partial charge in [-0.1, -0.05) is 11.6 Å². The van der Waals surface area contributed by atoms with Crippen LogP contribution in [0.3, 0.4) is 0 Å². The maximum absolute atomic E-state index is 12.4. The molecule has 0 aliphatic rings. The van der Waals surface area contributed by atoms with E-state index in [0.29, 0.717) is 22.0 Å². The van der Waals surface area contributed by atoms with Gasteiger partial charge in [-0.15, -0.1) is 0 Å². The van der Waals surface area contributed by atoms with Crippen molar-refractivity contribution < 1.29 is 9.84 Å². The molecule has 4 nitrogen and oxygen atoms in total. The highest BCUT2D eigenvalue weighted by Gasteiger charge is 2.16. The van der Waals surface area contributed by atoms with Crippen molar-refractivity contribution in [1.29, 1.82) is 0 Å². The first kappa shape index (κ1) is 15.6. The molecule has 21 heavy (non-hydrogen) atoms. The first-order chi connectivity index (χ1) is 9.99. The molecule has 0 radical (unpaired) electrons. The van der Waals surface area contributed by atoms with Crippen LogP contribution in [-0.2, 0) is 6.61 Å². The molecular weight excluding hydrogens is 290 g/mol. The summed E-state index contributed by atoms with van der Waals surface area (Å²) >= 11 is 6.07. The number of nitrogens with zero attached hydrogens (tertiary/aromatic N) is 1. The molecule has 0 aliphatic carbocycles. The van der Waals surface area contributed by atoms with Gasteiger partial charge in [-0.25, -0.2) is 0 Å². The van der Waals surface area contributed by atoms with E-state index in [1.807, 2.05) is 13.8 Å². The van der Waals surface area contributed by atoms with E-state index in [9.17, 15) is 9.90 Å². The molecule has 0 aliphatic heterocycles. The summed E-state index contributed by atoms with van der Waals surface area (Å²) in [7, 11) is 1.58. The van der Waals surface area contributed by atoms with Crippen LogP contribution in [0.15, 0.2) is 35.1 Å². The number of benzene rings is 1. The lowest BCUT2D eigenvalue weighted by molar-refractivity contribution is 0.279. The number of ether oxygens (including phenoxy) is 1. The number of aliphatic hydroxyl groups excluding tert-OH is 1. The molecule has 0 saturated heterocycles. The number of aliphatic hydroxyl groups is 1. The molecule has 0 amide bonds. The number of hydrogen-bond acceptors (Lipinski definition) is 3. The third kappa shape index (κ3) is 2.96. The first-order valence-corrected chi connectivity index (χ1v) is 7.06. The van der Waals surface area contributed by atoms with Gasteiger partial charge in [0.1, 0.15) is 5.75 Å². The summed E-state index contributed by atoms with van der Waals surface area (Å²) < 4.78 is 7.00. The van der Waals surface area contributed by atoms with E-state index < -0.39 is 0 Å². The fourth-order valence-electron chi connectivity index (χ4n) is 2.33. The van der Waals surface area contributed by atoms with Crippen molar-refractivity contribution in [1.82, 2.24) is 4.57 Å². The molecule has 0 atom stereocenters. The van der Waals surface area contributed by atoms with Gasteiger partial charge in [0.05, 0.1) is 19.4 Å². The maximum atomic E-state index is 12.4. The van der Waals surface area contributed by atoms with Crippen molar-refractivity contribution in [2.24, 2.45) is 0 Å². The van der Waals surface area contributed by atoms with Gasteiger partial charge >= 0.3 is 0 Å². The van der Waals surface area contributed by atoms with E-state index in [4.69, 9.17) is 16.3 Å². The summed E-state index contributed by atoms with van der Waals surface area (Å²) in [5, 5.41) is 9.84. The molecule has 0 saturated carbocycles. The van der Waals surface area contributed by atoms with Gasteiger partial charge in [0.2, 0.25) is 0 Å². The van der Waals surface area contributed by atoms with Crippen LogP contribution in [0.25, 0.3) is 11.3 Å². The summed E-state index contributed by atoms with van der Waals surface area (Å²) in [5.41, 5.74) is 1.63. The van der Waals surface area contributed by atoms with Crippen LogP contribution < -0.4 is 10.3 Å². The third-order valence-electron chi connectivity index (χ3n) is 3.32. The minimum absolute atomic E-state index is 0.0531. The van der Waals surface area contributed by atoms with E-state index >= 15 is 0 Å². The lowest BCUT2D eigenvalue weighted by Gasteiger charge is -2.19. The number of aromatic nitrogens is 1. The fourth-order valence-corrected chi connectivity index (χ4v) is 2.50. The highest BCUT2D eigenvalue weighted by molar-refractivity contribution is 6.30. The summed E-state index contributed by atoms with van der Waals surface area (Å²) in [6, 6.07) is 8.67. The molecule has 0 fully saturated rings. The number of hydrogen-bond donors (Lipinski definition) is 1. The monoisotopic (exact) mass is 307 g/mol. The van der Waals surface area contributed by atoms with Crippen molar-refractivity contribution >= 4 is 11.6 Å². The Labute approximate surface area is 128 Å². The van der Waals surface area contributed by atoms with Crippen LogP contribution in [0.1, 0.15) is 25.5 Å². The molecule has 0 bridgehead atoms. The second kappa shape index (κ2) is 6.33. The highest BCUT2D eigenvalue weighted by atomic mass is 35.5. The van der Waals surface area contributed by atoms with Crippen molar-refractivity contribution in [2.75, 3.05) is 7.11 Å². The van der Waals surface area contributed by atoms with Crippen LogP contribution in [0, 0.1) is 0 Å². The average Bonchev–Trinajstić information content (AvgIpc) is 2.46. The highest BCUT2D eigenvalue weighted by Crippen LogP contribution is 2.33. The zero-order valence-electron chi connectivity index (χ0n) is 12.3. The predicted octanol–water partition coefficient (Wildman–Crippen LogP) is 3.25. The number of halogens is 1. The van der Waals surface area contributed by atoms with E-state index in [-0.39, 0.29) is 18.2 Å². The smallest absolute Gasteiger partial charge is 0.256 e. The van der Waals surface area contributed by atoms with Crippen molar-refractivity contribution in [2.45, 2.75) is 26.5 Å². The molecule has 1 heterocycles. The van der Waals surface area contributed by atoms with Gasteiger partial charge < -0.3 is 14.4 Å². The Balaban J connectivity index is 2.78. The van der Waals surface area contributed by atoms with Gasteiger partial charge in [-0.3, -0.25) is 4.79 Å². The minimum atomic E-state index is -0.279. The Morgan fingerprint density at radius 2 is 2.00 bits per heavy atom. The fraction of sp³-hybridized carbons (Fsp3) is 0.312.